The summed E-state index contributed by atoms with van der Waals surface area (Å²) in [5.41, 5.74) is -0.260. The largest absolute Gasteiger partial charge is 0.478 e. The SMILES string of the molecule is CCCC(C)NS(=O)(=O)c1cc(Br)c(Cl)c(C(=O)O)c1. The van der Waals surface area contributed by atoms with E-state index in [2.05, 4.69) is 20.7 Å². The van der Waals surface area contributed by atoms with Gasteiger partial charge in [0.05, 0.1) is 15.5 Å². The summed E-state index contributed by atoms with van der Waals surface area (Å²) in [6.45, 7) is 3.70. The van der Waals surface area contributed by atoms with Gasteiger partial charge in [0.2, 0.25) is 10.0 Å². The van der Waals surface area contributed by atoms with Crippen molar-refractivity contribution in [1.29, 1.82) is 0 Å². The predicted molar refractivity (Wildman–Crippen MR) is 80.8 cm³/mol. The van der Waals surface area contributed by atoms with Gasteiger partial charge in [-0.3, -0.25) is 0 Å². The molecule has 2 N–H and O–H groups in total. The van der Waals surface area contributed by atoms with Gasteiger partial charge >= 0.3 is 5.97 Å². The molecule has 0 radical (unpaired) electrons. The van der Waals surface area contributed by atoms with Crippen LogP contribution in [0.2, 0.25) is 5.02 Å². The maximum atomic E-state index is 12.2. The molecule has 1 aromatic rings. The normalized spacial score (nSPS) is 13.2. The lowest BCUT2D eigenvalue weighted by Crippen LogP contribution is -2.32. The fourth-order valence-electron chi connectivity index (χ4n) is 1.70. The van der Waals surface area contributed by atoms with Crippen LogP contribution in [0.3, 0.4) is 0 Å². The second kappa shape index (κ2) is 6.89. The first-order chi connectivity index (χ1) is 9.19. The van der Waals surface area contributed by atoms with Crippen LogP contribution in [0.5, 0.6) is 0 Å². The maximum absolute atomic E-state index is 12.2. The topological polar surface area (TPSA) is 83.5 Å². The van der Waals surface area contributed by atoms with E-state index in [-0.39, 0.29) is 26.0 Å². The van der Waals surface area contributed by atoms with Crippen LogP contribution < -0.4 is 4.72 Å². The van der Waals surface area contributed by atoms with E-state index in [9.17, 15) is 13.2 Å². The van der Waals surface area contributed by atoms with Gasteiger partial charge in [-0.25, -0.2) is 17.9 Å². The Kier molecular flexibility index (Phi) is 6.00. The van der Waals surface area contributed by atoms with Gasteiger partial charge in [0, 0.05) is 10.5 Å². The molecular weight excluding hydrogens is 370 g/mol. The number of carboxylic acids is 1. The number of benzene rings is 1. The van der Waals surface area contributed by atoms with Crippen molar-refractivity contribution in [1.82, 2.24) is 4.72 Å². The monoisotopic (exact) mass is 383 g/mol. The number of carbonyl (C=O) groups is 1. The maximum Gasteiger partial charge on any atom is 0.337 e. The minimum Gasteiger partial charge on any atom is -0.478 e. The zero-order valence-electron chi connectivity index (χ0n) is 11.0. The molecule has 1 aromatic carbocycles. The standard InChI is InChI=1S/C12H15BrClNO4S/c1-3-4-7(2)15-20(18,19)8-5-9(12(16)17)11(14)10(13)6-8/h5-7,15H,3-4H2,1-2H3,(H,16,17). The Morgan fingerprint density at radius 3 is 2.60 bits per heavy atom. The van der Waals surface area contributed by atoms with E-state index in [0.29, 0.717) is 6.42 Å². The van der Waals surface area contributed by atoms with Crippen LogP contribution in [-0.4, -0.2) is 25.5 Å². The Balaban J connectivity index is 3.22. The first-order valence-electron chi connectivity index (χ1n) is 5.93. The number of carboxylic acid groups (broad SMARTS) is 1. The van der Waals surface area contributed by atoms with Crippen molar-refractivity contribution >= 4 is 43.5 Å². The Morgan fingerprint density at radius 2 is 2.10 bits per heavy atom. The smallest absolute Gasteiger partial charge is 0.337 e. The molecule has 20 heavy (non-hydrogen) atoms. The lowest BCUT2D eigenvalue weighted by molar-refractivity contribution is 0.0696. The van der Waals surface area contributed by atoms with Crippen molar-refractivity contribution in [3.63, 3.8) is 0 Å². The van der Waals surface area contributed by atoms with Crippen LogP contribution in [0.15, 0.2) is 21.5 Å². The molecule has 0 heterocycles. The van der Waals surface area contributed by atoms with E-state index >= 15 is 0 Å². The summed E-state index contributed by atoms with van der Waals surface area (Å²) < 4.78 is 27.1. The van der Waals surface area contributed by atoms with Crippen LogP contribution in [0.25, 0.3) is 0 Å². The fraction of sp³-hybridized carbons (Fsp3) is 0.417. The van der Waals surface area contributed by atoms with Crippen LogP contribution in [0.1, 0.15) is 37.0 Å². The summed E-state index contributed by atoms with van der Waals surface area (Å²) in [5.74, 6) is -1.28. The molecule has 1 rings (SSSR count). The van der Waals surface area contributed by atoms with Gasteiger partial charge in [-0.1, -0.05) is 24.9 Å². The van der Waals surface area contributed by atoms with Gasteiger partial charge < -0.3 is 5.11 Å². The zero-order valence-corrected chi connectivity index (χ0v) is 14.1. The van der Waals surface area contributed by atoms with E-state index in [1.54, 1.807) is 6.92 Å². The lowest BCUT2D eigenvalue weighted by atomic mass is 10.2. The summed E-state index contributed by atoms with van der Waals surface area (Å²) in [6, 6.07) is 2.11. The van der Waals surface area contributed by atoms with Gasteiger partial charge in [-0.15, -0.1) is 0 Å². The van der Waals surface area contributed by atoms with Gasteiger partial charge in [-0.2, -0.15) is 0 Å². The summed E-state index contributed by atoms with van der Waals surface area (Å²) in [6.07, 6.45) is 1.54. The molecule has 1 unspecified atom stereocenters. The molecule has 0 fully saturated rings. The first-order valence-corrected chi connectivity index (χ1v) is 8.59. The fourth-order valence-corrected chi connectivity index (χ4v) is 3.83. The third-order valence-corrected chi connectivity index (χ3v) is 5.45. The van der Waals surface area contributed by atoms with Crippen LogP contribution in [-0.2, 0) is 10.0 Å². The molecule has 0 bridgehead atoms. The molecular formula is C12H15BrClNO4S. The summed E-state index contributed by atoms with van der Waals surface area (Å²) in [4.78, 5) is 10.9. The quantitative estimate of drug-likeness (QED) is 0.788. The second-order valence-corrected chi connectivity index (χ2v) is 7.33. The number of nitrogens with one attached hydrogen (secondary N) is 1. The Labute approximate surface area is 131 Å². The molecule has 112 valence electrons. The van der Waals surface area contributed by atoms with E-state index < -0.39 is 16.0 Å². The number of halogens is 2. The van der Waals surface area contributed by atoms with E-state index in [1.807, 2.05) is 6.92 Å². The highest BCUT2D eigenvalue weighted by Crippen LogP contribution is 2.30. The van der Waals surface area contributed by atoms with Crippen molar-refractivity contribution < 1.29 is 18.3 Å². The van der Waals surface area contributed by atoms with Crippen molar-refractivity contribution in [3.05, 3.63) is 27.2 Å². The Bertz CT molecular complexity index is 618. The van der Waals surface area contributed by atoms with E-state index in [4.69, 9.17) is 16.7 Å². The first kappa shape index (κ1) is 17.4. The third-order valence-electron chi connectivity index (χ3n) is 2.62. The highest BCUT2D eigenvalue weighted by Gasteiger charge is 2.22. The summed E-state index contributed by atoms with van der Waals surface area (Å²) in [5, 5.41) is 9.00. The summed E-state index contributed by atoms with van der Waals surface area (Å²) >= 11 is 8.89. The Hall–Kier alpha value is -0.630. The molecule has 0 aliphatic heterocycles. The number of aromatic carboxylic acids is 1. The third kappa shape index (κ3) is 4.18. The Morgan fingerprint density at radius 1 is 1.50 bits per heavy atom. The zero-order chi connectivity index (χ0) is 15.5. The van der Waals surface area contributed by atoms with E-state index in [0.717, 1.165) is 12.5 Å². The van der Waals surface area contributed by atoms with Gasteiger partial charge in [0.25, 0.3) is 0 Å². The van der Waals surface area contributed by atoms with Crippen LogP contribution in [0, 0.1) is 0 Å². The molecule has 0 saturated carbocycles. The highest BCUT2D eigenvalue weighted by atomic mass is 79.9. The van der Waals surface area contributed by atoms with Gasteiger partial charge in [0.15, 0.2) is 0 Å². The number of sulfonamides is 1. The average molecular weight is 385 g/mol. The van der Waals surface area contributed by atoms with Gasteiger partial charge in [-0.05, 0) is 41.4 Å². The molecule has 8 heteroatoms. The van der Waals surface area contributed by atoms with Crippen molar-refractivity contribution in [2.24, 2.45) is 0 Å². The highest BCUT2D eigenvalue weighted by molar-refractivity contribution is 9.10. The minimum atomic E-state index is -3.78. The molecule has 1 atom stereocenters. The molecule has 0 aromatic heterocycles. The number of rotatable bonds is 6. The van der Waals surface area contributed by atoms with Gasteiger partial charge in [0.1, 0.15) is 0 Å². The number of hydrogen-bond donors (Lipinski definition) is 2. The molecule has 5 nitrogen and oxygen atoms in total. The van der Waals surface area contributed by atoms with Crippen LogP contribution in [0.4, 0.5) is 0 Å². The van der Waals surface area contributed by atoms with E-state index in [1.165, 1.54) is 6.07 Å². The summed E-state index contributed by atoms with van der Waals surface area (Å²) in [7, 11) is -3.78. The number of hydrogen-bond acceptors (Lipinski definition) is 3. The predicted octanol–water partition coefficient (Wildman–Crippen LogP) is 3.27. The second-order valence-electron chi connectivity index (χ2n) is 4.38. The molecule has 0 aliphatic rings. The average Bonchev–Trinajstić information content (AvgIpc) is 2.31. The molecule has 0 amide bonds. The van der Waals surface area contributed by atoms with Crippen molar-refractivity contribution in [2.75, 3.05) is 0 Å². The lowest BCUT2D eigenvalue weighted by Gasteiger charge is -2.14. The van der Waals surface area contributed by atoms with Crippen LogP contribution >= 0.6 is 27.5 Å². The minimum absolute atomic E-state index is 0.0296. The molecule has 0 spiro atoms. The molecule has 0 aliphatic carbocycles. The van der Waals surface area contributed by atoms with Crippen molar-refractivity contribution in [2.45, 2.75) is 37.6 Å². The van der Waals surface area contributed by atoms with Crippen molar-refractivity contribution in [3.8, 4) is 0 Å². The molecule has 0 saturated heterocycles.